The number of carboxylic acids is 1. The molecule has 1 aliphatic carbocycles. The lowest BCUT2D eigenvalue weighted by Crippen LogP contribution is -2.32. The highest BCUT2D eigenvalue weighted by molar-refractivity contribution is 7.89. The molecule has 2 aromatic carbocycles. The van der Waals surface area contributed by atoms with Gasteiger partial charge in [-0.2, -0.15) is 4.31 Å². The SMILES string of the molecule is COc1ccc2nc(NC(=O)[C@H](CC3CCCC3)c3ccc(S(=O)(=O)N(CCC(=O)O)Cc4ccccc4)cc3)sc2n1. The van der Waals surface area contributed by atoms with Gasteiger partial charge in [-0.1, -0.05) is 79.5 Å². The Hall–Kier alpha value is -3.87. The fourth-order valence-electron chi connectivity index (χ4n) is 5.45. The smallest absolute Gasteiger partial charge is 0.304 e. The lowest BCUT2D eigenvalue weighted by atomic mass is 9.87. The van der Waals surface area contributed by atoms with Gasteiger partial charge in [-0.3, -0.25) is 9.59 Å². The van der Waals surface area contributed by atoms with Gasteiger partial charge in [0.2, 0.25) is 21.8 Å². The number of pyridine rings is 1. The van der Waals surface area contributed by atoms with Crippen LogP contribution in [0.5, 0.6) is 5.88 Å². The van der Waals surface area contributed by atoms with Gasteiger partial charge < -0.3 is 15.2 Å². The Morgan fingerprint density at radius 2 is 1.77 bits per heavy atom. The van der Waals surface area contributed by atoms with E-state index < -0.39 is 21.9 Å². The Kier molecular flexibility index (Phi) is 9.69. The van der Waals surface area contributed by atoms with Gasteiger partial charge in [0.1, 0.15) is 10.3 Å². The van der Waals surface area contributed by atoms with Crippen molar-refractivity contribution < 1.29 is 27.9 Å². The van der Waals surface area contributed by atoms with Crippen molar-refractivity contribution in [2.45, 2.75) is 55.9 Å². The van der Waals surface area contributed by atoms with Crippen LogP contribution >= 0.6 is 11.3 Å². The molecule has 0 saturated heterocycles. The van der Waals surface area contributed by atoms with Gasteiger partial charge in [0.25, 0.3) is 0 Å². The summed E-state index contributed by atoms with van der Waals surface area (Å²) in [5.74, 6) is -0.916. The molecule has 2 aromatic heterocycles. The Morgan fingerprint density at radius 1 is 1.05 bits per heavy atom. The van der Waals surface area contributed by atoms with Crippen molar-refractivity contribution in [3.8, 4) is 5.88 Å². The number of fused-ring (bicyclic) bond motifs is 1. The molecule has 0 aliphatic heterocycles. The monoisotopic (exact) mass is 622 g/mol. The molecule has 1 fully saturated rings. The van der Waals surface area contributed by atoms with Crippen molar-refractivity contribution in [2.24, 2.45) is 5.92 Å². The summed E-state index contributed by atoms with van der Waals surface area (Å²) in [7, 11) is -2.46. The summed E-state index contributed by atoms with van der Waals surface area (Å²) in [5, 5.41) is 12.6. The predicted octanol–water partition coefficient (Wildman–Crippen LogP) is 5.67. The normalized spacial score (nSPS) is 14.7. The van der Waals surface area contributed by atoms with Crippen LogP contribution in [0.4, 0.5) is 5.13 Å². The quantitative estimate of drug-likeness (QED) is 0.195. The fraction of sp³-hybridized carbons (Fsp3) is 0.355. The largest absolute Gasteiger partial charge is 0.481 e. The van der Waals surface area contributed by atoms with E-state index in [0.29, 0.717) is 39.3 Å². The molecule has 0 bridgehead atoms. The number of benzene rings is 2. The van der Waals surface area contributed by atoms with Crippen LogP contribution in [0.1, 0.15) is 55.6 Å². The van der Waals surface area contributed by atoms with E-state index >= 15 is 0 Å². The van der Waals surface area contributed by atoms with Crippen LogP contribution < -0.4 is 10.1 Å². The second-order valence-corrected chi connectivity index (χ2v) is 13.6. The van der Waals surface area contributed by atoms with Crippen molar-refractivity contribution in [3.63, 3.8) is 0 Å². The van der Waals surface area contributed by atoms with Gasteiger partial charge in [-0.15, -0.1) is 0 Å². The maximum absolute atomic E-state index is 13.7. The van der Waals surface area contributed by atoms with E-state index in [1.165, 1.54) is 27.8 Å². The number of aliphatic carboxylic acids is 1. The van der Waals surface area contributed by atoms with Gasteiger partial charge in [-0.25, -0.2) is 18.4 Å². The molecule has 0 spiro atoms. The summed E-state index contributed by atoms with van der Waals surface area (Å²) < 4.78 is 33.7. The van der Waals surface area contributed by atoms with Crippen molar-refractivity contribution in [2.75, 3.05) is 19.0 Å². The molecule has 43 heavy (non-hydrogen) atoms. The maximum atomic E-state index is 13.7. The van der Waals surface area contributed by atoms with Gasteiger partial charge in [0, 0.05) is 19.2 Å². The minimum Gasteiger partial charge on any atom is -0.481 e. The minimum absolute atomic E-state index is 0.0452. The number of sulfonamides is 1. The number of carboxylic acid groups (broad SMARTS) is 1. The molecule has 1 saturated carbocycles. The molecule has 0 unspecified atom stereocenters. The number of anilines is 1. The Morgan fingerprint density at radius 3 is 2.44 bits per heavy atom. The summed E-state index contributed by atoms with van der Waals surface area (Å²) in [6.07, 6.45) is 4.71. The number of hydrogen-bond acceptors (Lipinski definition) is 8. The average Bonchev–Trinajstić information content (AvgIpc) is 3.67. The molecule has 4 aromatic rings. The highest BCUT2D eigenvalue weighted by Gasteiger charge is 2.29. The Labute approximate surface area is 254 Å². The van der Waals surface area contributed by atoms with Crippen molar-refractivity contribution in [1.82, 2.24) is 14.3 Å². The lowest BCUT2D eigenvalue weighted by molar-refractivity contribution is -0.137. The zero-order valence-electron chi connectivity index (χ0n) is 23.8. The molecular weight excluding hydrogens is 588 g/mol. The molecule has 226 valence electrons. The number of methoxy groups -OCH3 is 1. The molecule has 1 aliphatic rings. The van der Waals surface area contributed by atoms with Crippen LogP contribution in [-0.4, -0.2) is 53.3 Å². The molecule has 12 heteroatoms. The van der Waals surface area contributed by atoms with Crippen LogP contribution in [0.2, 0.25) is 0 Å². The standard InChI is InChI=1S/C31H34N4O6S2/c1-41-27-16-15-26-30(33-27)42-31(32-26)34-29(38)25(19-21-7-5-6-8-21)23-11-13-24(14-12-23)43(39,40)35(18-17-28(36)37)20-22-9-3-2-4-10-22/h2-4,9-16,21,25H,5-8,17-20H2,1H3,(H,36,37)(H,32,34,38)/t25-/m1/s1. The van der Waals surface area contributed by atoms with Crippen LogP contribution in [0.15, 0.2) is 71.6 Å². The maximum Gasteiger partial charge on any atom is 0.304 e. The Bertz CT molecular complexity index is 1670. The fourth-order valence-corrected chi connectivity index (χ4v) is 7.71. The number of rotatable bonds is 13. The van der Waals surface area contributed by atoms with E-state index in [2.05, 4.69) is 15.3 Å². The summed E-state index contributed by atoms with van der Waals surface area (Å²) >= 11 is 1.27. The van der Waals surface area contributed by atoms with E-state index in [1.807, 2.05) is 18.2 Å². The van der Waals surface area contributed by atoms with Crippen LogP contribution in [0, 0.1) is 5.92 Å². The highest BCUT2D eigenvalue weighted by Crippen LogP contribution is 2.36. The predicted molar refractivity (Wildman–Crippen MR) is 165 cm³/mol. The zero-order chi connectivity index (χ0) is 30.4. The lowest BCUT2D eigenvalue weighted by Gasteiger charge is -2.23. The molecule has 0 radical (unpaired) electrons. The highest BCUT2D eigenvalue weighted by atomic mass is 32.2. The number of carbonyl (C=O) groups excluding carboxylic acids is 1. The molecule has 1 amide bonds. The van der Waals surface area contributed by atoms with Gasteiger partial charge in [0.05, 0.1) is 24.3 Å². The summed E-state index contributed by atoms with van der Waals surface area (Å²) in [6, 6.07) is 19.0. The average molecular weight is 623 g/mol. The topological polar surface area (TPSA) is 139 Å². The van der Waals surface area contributed by atoms with Crippen LogP contribution in [0.3, 0.4) is 0 Å². The van der Waals surface area contributed by atoms with E-state index in [4.69, 9.17) is 4.74 Å². The summed E-state index contributed by atoms with van der Waals surface area (Å²) in [6.45, 7) is -0.113. The summed E-state index contributed by atoms with van der Waals surface area (Å²) in [5.41, 5.74) is 2.13. The van der Waals surface area contributed by atoms with Crippen molar-refractivity contribution >= 4 is 48.7 Å². The zero-order valence-corrected chi connectivity index (χ0v) is 25.4. The van der Waals surface area contributed by atoms with Crippen LogP contribution in [-0.2, 0) is 26.2 Å². The number of hydrogen-bond donors (Lipinski definition) is 2. The number of nitrogens with zero attached hydrogens (tertiary/aromatic N) is 3. The number of carbonyl (C=O) groups is 2. The third-order valence-electron chi connectivity index (χ3n) is 7.73. The number of thiazole rings is 1. The molecular formula is C31H34N4O6S2. The van der Waals surface area contributed by atoms with E-state index in [0.717, 1.165) is 31.2 Å². The first-order chi connectivity index (χ1) is 20.7. The number of amides is 1. The number of ether oxygens (including phenoxy) is 1. The van der Waals surface area contributed by atoms with Gasteiger partial charge in [-0.05, 0) is 41.7 Å². The first kappa shape index (κ1) is 30.6. The molecule has 10 nitrogen and oxygen atoms in total. The second kappa shape index (κ2) is 13.6. The third kappa shape index (κ3) is 7.56. The number of aromatic nitrogens is 2. The molecule has 1 atom stereocenters. The van der Waals surface area contributed by atoms with Gasteiger partial charge >= 0.3 is 5.97 Å². The third-order valence-corrected chi connectivity index (χ3v) is 10.5. The van der Waals surface area contributed by atoms with E-state index in [9.17, 15) is 23.1 Å². The van der Waals surface area contributed by atoms with E-state index in [1.54, 1.807) is 43.5 Å². The van der Waals surface area contributed by atoms with Crippen molar-refractivity contribution in [3.05, 3.63) is 77.9 Å². The first-order valence-corrected chi connectivity index (χ1v) is 16.5. The molecule has 2 heterocycles. The molecule has 2 N–H and O–H groups in total. The minimum atomic E-state index is -4.01. The van der Waals surface area contributed by atoms with Crippen molar-refractivity contribution in [1.29, 1.82) is 0 Å². The second-order valence-electron chi connectivity index (χ2n) is 10.7. The van der Waals surface area contributed by atoms with Gasteiger partial charge in [0.15, 0.2) is 5.13 Å². The number of nitrogens with one attached hydrogen (secondary N) is 1. The Balaban J connectivity index is 1.38. The summed E-state index contributed by atoms with van der Waals surface area (Å²) in [4.78, 5) is 34.6. The molecule has 5 rings (SSSR count). The first-order valence-electron chi connectivity index (χ1n) is 14.2. The van der Waals surface area contributed by atoms with Crippen LogP contribution in [0.25, 0.3) is 10.3 Å². The van der Waals surface area contributed by atoms with E-state index in [-0.39, 0.29) is 30.3 Å².